The van der Waals surface area contributed by atoms with Crippen LogP contribution in [0.2, 0.25) is 0 Å². The number of carboxylic acid groups (broad SMARTS) is 1. The van der Waals surface area contributed by atoms with Crippen LogP contribution in [0.15, 0.2) is 21.5 Å². The Bertz CT molecular complexity index is 715. The van der Waals surface area contributed by atoms with E-state index in [0.29, 0.717) is 20.6 Å². The average molecular weight is 325 g/mol. The van der Waals surface area contributed by atoms with Crippen LogP contribution in [0.1, 0.15) is 16.3 Å². The number of carboxylic acids is 1. The highest BCUT2D eigenvalue weighted by Gasteiger charge is 2.19. The van der Waals surface area contributed by atoms with Gasteiger partial charge in [0, 0.05) is 16.6 Å². The largest absolute Gasteiger partial charge is 0.481 e. The Hall–Kier alpha value is -2.00. The van der Waals surface area contributed by atoms with Gasteiger partial charge in [-0.3, -0.25) is 14.9 Å². The van der Waals surface area contributed by atoms with Gasteiger partial charge in [-0.2, -0.15) is 0 Å². The maximum absolute atomic E-state index is 11.0. The number of nitrogens with zero attached hydrogens (tertiary/aromatic N) is 3. The summed E-state index contributed by atoms with van der Waals surface area (Å²) in [5, 5.41) is 20.1. The zero-order valence-corrected chi connectivity index (χ0v) is 12.8. The highest BCUT2D eigenvalue weighted by atomic mass is 32.2. The molecule has 7 nitrogen and oxygen atoms in total. The van der Waals surface area contributed by atoms with E-state index >= 15 is 0 Å². The van der Waals surface area contributed by atoms with Crippen molar-refractivity contribution in [3.8, 4) is 0 Å². The van der Waals surface area contributed by atoms with Gasteiger partial charge in [-0.05, 0) is 31.7 Å². The number of thiazole rings is 1. The summed E-state index contributed by atoms with van der Waals surface area (Å²) in [7, 11) is 0. The molecule has 9 heteroatoms. The molecule has 2 heterocycles. The second-order valence-corrected chi connectivity index (χ2v) is 6.51. The predicted molar refractivity (Wildman–Crippen MR) is 77.9 cm³/mol. The molecule has 0 aromatic carbocycles. The molecule has 0 radical (unpaired) electrons. The lowest BCUT2D eigenvalue weighted by molar-refractivity contribution is -0.388. The summed E-state index contributed by atoms with van der Waals surface area (Å²) in [6.45, 7) is 3.47. The molecule has 2 rings (SSSR count). The summed E-state index contributed by atoms with van der Waals surface area (Å²) in [6, 6.07) is 2.98. The van der Waals surface area contributed by atoms with E-state index in [4.69, 9.17) is 5.11 Å². The Labute approximate surface area is 128 Å². The number of hydrogen-bond donors (Lipinski definition) is 1. The number of pyridine rings is 1. The molecule has 0 atom stereocenters. The Morgan fingerprint density at radius 2 is 2.14 bits per heavy atom. The molecule has 0 aliphatic carbocycles. The molecule has 0 bridgehead atoms. The molecule has 110 valence electrons. The fraction of sp³-hybridized carbons (Fsp3) is 0.250. The quantitative estimate of drug-likeness (QED) is 0.665. The minimum absolute atomic E-state index is 0.0850. The fourth-order valence-corrected chi connectivity index (χ4v) is 3.84. The molecule has 0 saturated carbocycles. The number of aromatic nitrogens is 2. The molecule has 2 aromatic heterocycles. The second-order valence-electron chi connectivity index (χ2n) is 4.19. The lowest BCUT2D eigenvalue weighted by atomic mass is 10.3. The van der Waals surface area contributed by atoms with Gasteiger partial charge in [0.1, 0.15) is 0 Å². The number of nitro groups is 1. The van der Waals surface area contributed by atoms with Crippen molar-refractivity contribution in [1.82, 2.24) is 9.97 Å². The molecule has 0 fully saturated rings. The van der Waals surface area contributed by atoms with Crippen molar-refractivity contribution in [3.05, 3.63) is 38.5 Å². The van der Waals surface area contributed by atoms with Gasteiger partial charge in [0.25, 0.3) is 0 Å². The van der Waals surface area contributed by atoms with Crippen LogP contribution < -0.4 is 0 Å². The Kier molecular flexibility index (Phi) is 4.53. The van der Waals surface area contributed by atoms with Crippen LogP contribution in [0.4, 0.5) is 5.69 Å². The van der Waals surface area contributed by atoms with E-state index in [9.17, 15) is 14.9 Å². The summed E-state index contributed by atoms with van der Waals surface area (Å²) < 4.78 is 0.546. The fourth-order valence-electron chi connectivity index (χ4n) is 1.57. The lowest BCUT2D eigenvalue weighted by Crippen LogP contribution is -1.99. The van der Waals surface area contributed by atoms with Crippen molar-refractivity contribution in [2.75, 3.05) is 0 Å². The number of hydrogen-bond acceptors (Lipinski definition) is 7. The van der Waals surface area contributed by atoms with Crippen molar-refractivity contribution in [2.24, 2.45) is 0 Å². The van der Waals surface area contributed by atoms with Gasteiger partial charge in [-0.15, -0.1) is 11.3 Å². The first kappa shape index (κ1) is 15.4. The van der Waals surface area contributed by atoms with Gasteiger partial charge in [0.15, 0.2) is 9.37 Å². The van der Waals surface area contributed by atoms with Crippen LogP contribution >= 0.6 is 23.1 Å². The standard InChI is InChI=1S/C12H11N3O4S2/c1-6-3-4-8(15(18)19)11(13-6)21-12-14-7(2)9(20-12)5-10(16)17/h3-4H,5H2,1-2H3,(H,16,17). The summed E-state index contributed by atoms with van der Waals surface area (Å²) in [5.74, 6) is -0.932. The van der Waals surface area contributed by atoms with E-state index < -0.39 is 10.9 Å². The van der Waals surface area contributed by atoms with Crippen LogP contribution in [-0.2, 0) is 11.2 Å². The monoisotopic (exact) mass is 325 g/mol. The molecule has 0 spiro atoms. The van der Waals surface area contributed by atoms with Crippen molar-refractivity contribution in [1.29, 1.82) is 0 Å². The normalized spacial score (nSPS) is 10.6. The van der Waals surface area contributed by atoms with Crippen molar-refractivity contribution in [3.63, 3.8) is 0 Å². The summed E-state index contributed by atoms with van der Waals surface area (Å²) in [5.41, 5.74) is 1.21. The molecule has 21 heavy (non-hydrogen) atoms. The van der Waals surface area contributed by atoms with E-state index in [0.717, 1.165) is 11.8 Å². The lowest BCUT2D eigenvalue weighted by Gasteiger charge is -2.00. The highest BCUT2D eigenvalue weighted by Crippen LogP contribution is 2.36. The van der Waals surface area contributed by atoms with Crippen LogP contribution in [0.3, 0.4) is 0 Å². The molecule has 0 unspecified atom stereocenters. The Morgan fingerprint density at radius 1 is 1.43 bits per heavy atom. The third-order valence-corrected chi connectivity index (χ3v) is 4.76. The van der Waals surface area contributed by atoms with Gasteiger partial charge < -0.3 is 5.11 Å². The van der Waals surface area contributed by atoms with Crippen LogP contribution in [0, 0.1) is 24.0 Å². The van der Waals surface area contributed by atoms with E-state index in [1.54, 1.807) is 19.9 Å². The van der Waals surface area contributed by atoms with E-state index in [2.05, 4.69) is 9.97 Å². The maximum Gasteiger partial charge on any atom is 0.308 e. The van der Waals surface area contributed by atoms with Crippen molar-refractivity contribution in [2.45, 2.75) is 29.6 Å². The highest BCUT2D eigenvalue weighted by molar-refractivity contribution is 8.01. The van der Waals surface area contributed by atoms with E-state index in [1.807, 2.05) is 0 Å². The molecule has 1 N–H and O–H groups in total. The minimum Gasteiger partial charge on any atom is -0.481 e. The summed E-state index contributed by atoms with van der Waals surface area (Å²) >= 11 is 2.30. The van der Waals surface area contributed by atoms with Crippen LogP contribution in [-0.4, -0.2) is 26.0 Å². The average Bonchev–Trinajstić information content (AvgIpc) is 2.68. The zero-order chi connectivity index (χ0) is 15.6. The van der Waals surface area contributed by atoms with Gasteiger partial charge in [0.2, 0.25) is 0 Å². The third-order valence-electron chi connectivity index (χ3n) is 2.54. The van der Waals surface area contributed by atoms with Gasteiger partial charge in [0.05, 0.1) is 17.0 Å². The number of carbonyl (C=O) groups is 1. The minimum atomic E-state index is -0.932. The van der Waals surface area contributed by atoms with E-state index in [-0.39, 0.29) is 17.1 Å². The Balaban J connectivity index is 2.32. The van der Waals surface area contributed by atoms with Gasteiger partial charge in [-0.25, -0.2) is 9.97 Å². The van der Waals surface area contributed by atoms with Crippen LogP contribution in [0.25, 0.3) is 0 Å². The molecule has 0 amide bonds. The number of aliphatic carboxylic acids is 1. The molecule has 0 saturated heterocycles. The molecule has 0 aliphatic heterocycles. The summed E-state index contributed by atoms with van der Waals surface area (Å²) in [4.78, 5) is 30.3. The van der Waals surface area contributed by atoms with Crippen molar-refractivity contribution >= 4 is 34.8 Å². The SMILES string of the molecule is Cc1ccc([N+](=O)[O-])c(Sc2nc(C)c(CC(=O)O)s2)n1. The third kappa shape index (κ3) is 3.76. The van der Waals surface area contributed by atoms with Crippen molar-refractivity contribution < 1.29 is 14.8 Å². The molecular weight excluding hydrogens is 314 g/mol. The Morgan fingerprint density at radius 3 is 2.76 bits per heavy atom. The number of aryl methyl sites for hydroxylation is 2. The maximum atomic E-state index is 11.0. The second kappa shape index (κ2) is 6.19. The first-order valence-corrected chi connectivity index (χ1v) is 7.48. The zero-order valence-electron chi connectivity index (χ0n) is 11.2. The molecular formula is C12H11N3O4S2. The van der Waals surface area contributed by atoms with Gasteiger partial charge in [-0.1, -0.05) is 0 Å². The topological polar surface area (TPSA) is 106 Å². The first-order valence-electron chi connectivity index (χ1n) is 5.85. The van der Waals surface area contributed by atoms with Crippen LogP contribution in [0.5, 0.6) is 0 Å². The first-order chi connectivity index (χ1) is 9.86. The van der Waals surface area contributed by atoms with Gasteiger partial charge >= 0.3 is 11.7 Å². The molecule has 2 aromatic rings. The summed E-state index contributed by atoms with van der Waals surface area (Å²) in [6.07, 6.45) is -0.104. The van der Waals surface area contributed by atoms with E-state index in [1.165, 1.54) is 17.4 Å². The molecule has 0 aliphatic rings. The number of rotatable bonds is 5. The smallest absolute Gasteiger partial charge is 0.308 e. The predicted octanol–water partition coefficient (Wildman–Crippen LogP) is 2.84.